The summed E-state index contributed by atoms with van der Waals surface area (Å²) in [5.74, 6) is -2.62. The number of amides is 3. The second-order valence-electron chi connectivity index (χ2n) is 8.10. The van der Waals surface area contributed by atoms with Gasteiger partial charge in [-0.3, -0.25) is 14.4 Å². The van der Waals surface area contributed by atoms with E-state index in [0.717, 1.165) is 0 Å². The van der Waals surface area contributed by atoms with Gasteiger partial charge in [0.2, 0.25) is 17.7 Å². The number of hydrogen-bond acceptors (Lipinski definition) is 4. The lowest BCUT2D eigenvalue weighted by atomic mass is 9.69. The molecule has 8 heteroatoms. The molecule has 7 nitrogen and oxygen atoms in total. The largest absolute Gasteiger partial charge is 0.394 e. The van der Waals surface area contributed by atoms with E-state index in [0.29, 0.717) is 23.6 Å². The van der Waals surface area contributed by atoms with Crippen LogP contribution in [0.25, 0.3) is 0 Å². The van der Waals surface area contributed by atoms with Crippen molar-refractivity contribution in [3.8, 4) is 0 Å². The average Bonchev–Trinajstić information content (AvgIpc) is 3.07. The number of nitrogens with one attached hydrogen (secondary N) is 2. The Hall–Kier alpha value is -2.38. The quantitative estimate of drug-likeness (QED) is 0.559. The topological polar surface area (TPSA) is 98.7 Å². The zero-order valence-corrected chi connectivity index (χ0v) is 18.8. The minimum absolute atomic E-state index is 0.0911. The Bertz CT molecular complexity index is 870. The van der Waals surface area contributed by atoms with Gasteiger partial charge < -0.3 is 20.6 Å². The molecule has 1 aromatic carbocycles. The molecule has 0 aromatic heterocycles. The van der Waals surface area contributed by atoms with Crippen molar-refractivity contribution < 1.29 is 19.5 Å². The maximum Gasteiger partial charge on any atom is 0.247 e. The molecule has 1 heterocycles. The van der Waals surface area contributed by atoms with Crippen molar-refractivity contribution in [1.29, 1.82) is 0 Å². The second kappa shape index (κ2) is 9.83. The molecule has 3 amide bonds. The number of carbonyl (C=O) groups is 3. The third kappa shape index (κ3) is 4.21. The van der Waals surface area contributed by atoms with Crippen molar-refractivity contribution in [3.63, 3.8) is 0 Å². The number of aliphatic hydroxyl groups excluding tert-OH is 1. The molecule has 0 bridgehead atoms. The summed E-state index contributed by atoms with van der Waals surface area (Å²) >= 11 is 6.21. The number of aliphatic hydroxyl groups is 1. The first-order valence-electron chi connectivity index (χ1n) is 10.8. The molecule has 1 aliphatic carbocycles. The van der Waals surface area contributed by atoms with Crippen molar-refractivity contribution in [1.82, 2.24) is 10.2 Å². The van der Waals surface area contributed by atoms with Crippen LogP contribution < -0.4 is 10.6 Å². The Labute approximate surface area is 187 Å². The highest BCUT2D eigenvalue weighted by molar-refractivity contribution is 6.33. The van der Waals surface area contributed by atoms with Gasteiger partial charge in [-0.15, -0.1) is 0 Å². The van der Waals surface area contributed by atoms with E-state index in [1.165, 1.54) is 4.90 Å². The van der Waals surface area contributed by atoms with Crippen LogP contribution >= 0.6 is 11.6 Å². The zero-order chi connectivity index (χ0) is 22.7. The van der Waals surface area contributed by atoms with Crippen LogP contribution in [0, 0.1) is 23.7 Å². The van der Waals surface area contributed by atoms with Crippen LogP contribution in [0.1, 0.15) is 26.7 Å². The molecule has 3 N–H and O–H groups in total. The summed E-state index contributed by atoms with van der Waals surface area (Å²) in [7, 11) is 1.56. The highest BCUT2D eigenvalue weighted by atomic mass is 35.5. The molecule has 1 aromatic rings. The number of likely N-dealkylation sites (tertiary alicyclic amines) is 1. The van der Waals surface area contributed by atoms with E-state index in [9.17, 15) is 19.5 Å². The van der Waals surface area contributed by atoms with Gasteiger partial charge in [-0.25, -0.2) is 0 Å². The van der Waals surface area contributed by atoms with Gasteiger partial charge in [-0.1, -0.05) is 49.7 Å². The Balaban J connectivity index is 2.04. The normalized spacial score (nSPS) is 28.2. The van der Waals surface area contributed by atoms with E-state index in [1.807, 2.05) is 26.0 Å². The van der Waals surface area contributed by atoms with Crippen LogP contribution in [0.2, 0.25) is 5.02 Å². The third-order valence-corrected chi connectivity index (χ3v) is 6.87. The third-order valence-electron chi connectivity index (χ3n) is 6.54. The summed E-state index contributed by atoms with van der Waals surface area (Å²) in [6, 6.07) is 5.54. The molecule has 0 spiro atoms. The lowest BCUT2D eigenvalue weighted by Crippen LogP contribution is -2.50. The number of rotatable bonds is 7. The Morgan fingerprint density at radius 2 is 1.90 bits per heavy atom. The van der Waals surface area contributed by atoms with E-state index in [4.69, 9.17) is 11.6 Å². The Morgan fingerprint density at radius 3 is 2.48 bits per heavy atom. The maximum atomic E-state index is 13.6. The monoisotopic (exact) mass is 447 g/mol. The van der Waals surface area contributed by atoms with Crippen molar-refractivity contribution in [2.24, 2.45) is 23.7 Å². The summed E-state index contributed by atoms with van der Waals surface area (Å²) < 4.78 is 0. The number of carbonyl (C=O) groups excluding carboxylic acids is 3. The number of hydrogen-bond donors (Lipinski definition) is 3. The van der Waals surface area contributed by atoms with E-state index >= 15 is 0 Å². The minimum atomic E-state index is -0.841. The molecule has 6 atom stereocenters. The van der Waals surface area contributed by atoms with Gasteiger partial charge in [-0.2, -0.15) is 0 Å². The molecule has 2 aliphatic rings. The van der Waals surface area contributed by atoms with Gasteiger partial charge in [0, 0.05) is 13.0 Å². The number of allylic oxidation sites excluding steroid dienone is 1. The molecular formula is C23H30ClN3O4. The molecule has 1 aliphatic heterocycles. The molecule has 0 radical (unpaired) electrons. The van der Waals surface area contributed by atoms with Crippen LogP contribution in [0.3, 0.4) is 0 Å². The fourth-order valence-corrected chi connectivity index (χ4v) is 5.12. The Morgan fingerprint density at radius 1 is 1.19 bits per heavy atom. The number of nitrogens with zero attached hydrogens (tertiary/aromatic N) is 1. The van der Waals surface area contributed by atoms with Crippen LogP contribution in [0.5, 0.6) is 0 Å². The van der Waals surface area contributed by atoms with Crippen LogP contribution in [0.15, 0.2) is 36.4 Å². The standard InChI is InChI=1S/C23H30ClN3O4/c1-4-13-10-11-15-19(18(13)21(29)25-3)23(31)27(14(5-2)12-28)20(15)22(30)26-17-9-7-6-8-16(17)24/h6-11,13-15,18-20,28H,4-5,12H2,1-3H3,(H,25,29)(H,26,30)/t13-,14+,15+,18-,19+,20+/m1/s1. The summed E-state index contributed by atoms with van der Waals surface area (Å²) in [6.45, 7) is 3.58. The van der Waals surface area contributed by atoms with Crippen molar-refractivity contribution in [3.05, 3.63) is 41.4 Å². The fraction of sp³-hybridized carbons (Fsp3) is 0.522. The first-order valence-corrected chi connectivity index (χ1v) is 11.2. The maximum absolute atomic E-state index is 13.6. The van der Waals surface area contributed by atoms with Crippen molar-refractivity contribution in [2.45, 2.75) is 38.8 Å². The summed E-state index contributed by atoms with van der Waals surface area (Å²) in [6.07, 6.45) is 5.05. The van der Waals surface area contributed by atoms with Gasteiger partial charge in [0.05, 0.1) is 35.2 Å². The lowest BCUT2D eigenvalue weighted by Gasteiger charge is -2.34. The van der Waals surface area contributed by atoms with Gasteiger partial charge in [0.15, 0.2) is 0 Å². The predicted octanol–water partition coefficient (Wildman–Crippen LogP) is 2.45. The molecule has 3 rings (SSSR count). The van der Waals surface area contributed by atoms with E-state index < -0.39 is 29.8 Å². The lowest BCUT2D eigenvalue weighted by molar-refractivity contribution is -0.142. The summed E-state index contributed by atoms with van der Waals surface area (Å²) in [5.41, 5.74) is 0.455. The molecule has 168 valence electrons. The number of fused-ring (bicyclic) bond motifs is 1. The predicted molar refractivity (Wildman–Crippen MR) is 119 cm³/mol. The minimum Gasteiger partial charge on any atom is -0.394 e. The van der Waals surface area contributed by atoms with Crippen LogP contribution in [0.4, 0.5) is 5.69 Å². The summed E-state index contributed by atoms with van der Waals surface area (Å²) in [5, 5.41) is 15.9. The molecule has 1 saturated heterocycles. The second-order valence-corrected chi connectivity index (χ2v) is 8.51. The average molecular weight is 448 g/mol. The van der Waals surface area contributed by atoms with E-state index in [1.54, 1.807) is 31.3 Å². The number of para-hydroxylation sites is 1. The highest BCUT2D eigenvalue weighted by Gasteiger charge is 2.58. The van der Waals surface area contributed by atoms with Gasteiger partial charge >= 0.3 is 0 Å². The van der Waals surface area contributed by atoms with Crippen molar-refractivity contribution in [2.75, 3.05) is 19.0 Å². The molecule has 0 saturated carbocycles. The van der Waals surface area contributed by atoms with Crippen molar-refractivity contribution >= 4 is 35.0 Å². The molecule has 31 heavy (non-hydrogen) atoms. The highest BCUT2D eigenvalue weighted by Crippen LogP contribution is 2.46. The molecular weight excluding hydrogens is 418 g/mol. The zero-order valence-electron chi connectivity index (χ0n) is 18.0. The number of benzene rings is 1. The first kappa shape index (κ1) is 23.3. The van der Waals surface area contributed by atoms with Gasteiger partial charge in [0.1, 0.15) is 6.04 Å². The SMILES string of the molecule is CC[C@@H](CO)N1C(=O)[C@H]2[C@H](C=C[C@@H](CC)[C@H]2C(=O)NC)[C@H]1C(=O)Nc1ccccc1Cl. The smallest absolute Gasteiger partial charge is 0.247 e. The summed E-state index contributed by atoms with van der Waals surface area (Å²) in [4.78, 5) is 41.3. The molecule has 0 unspecified atom stereocenters. The van der Waals surface area contributed by atoms with Crippen LogP contribution in [-0.4, -0.2) is 53.5 Å². The first-order chi connectivity index (χ1) is 14.9. The molecule has 1 fully saturated rings. The van der Waals surface area contributed by atoms with Gasteiger partial charge in [-0.05, 0) is 30.9 Å². The number of halogens is 1. The fourth-order valence-electron chi connectivity index (χ4n) is 4.94. The number of anilines is 1. The van der Waals surface area contributed by atoms with Crippen LogP contribution in [-0.2, 0) is 14.4 Å². The Kier molecular flexibility index (Phi) is 7.38. The van der Waals surface area contributed by atoms with E-state index in [-0.39, 0.29) is 30.2 Å². The van der Waals surface area contributed by atoms with Gasteiger partial charge in [0.25, 0.3) is 0 Å². The van der Waals surface area contributed by atoms with E-state index in [2.05, 4.69) is 10.6 Å².